The topological polar surface area (TPSA) is 53.4 Å². The number of anilines is 1. The second-order valence-electron chi connectivity index (χ2n) is 4.07. The Kier molecular flexibility index (Phi) is 3.57. The van der Waals surface area contributed by atoms with E-state index < -0.39 is 5.97 Å². The molecule has 0 amide bonds. The van der Waals surface area contributed by atoms with Gasteiger partial charge in [-0.1, -0.05) is 6.07 Å². The average Bonchev–Trinajstić information content (AvgIpc) is 2.40. The van der Waals surface area contributed by atoms with Crippen molar-refractivity contribution in [1.29, 1.82) is 0 Å². The van der Waals surface area contributed by atoms with Gasteiger partial charge in [-0.05, 0) is 35.9 Å². The van der Waals surface area contributed by atoms with Crippen molar-refractivity contribution >= 4 is 11.7 Å². The molecule has 0 spiro atoms. The second kappa shape index (κ2) is 5.31. The lowest BCUT2D eigenvalue weighted by atomic mass is 10.2. The molecule has 2 rings (SSSR count). The lowest BCUT2D eigenvalue weighted by Crippen LogP contribution is -2.16. The van der Waals surface area contributed by atoms with E-state index >= 15 is 0 Å². The van der Waals surface area contributed by atoms with Gasteiger partial charge in [0.25, 0.3) is 0 Å². The number of hydrogen-bond donors (Lipinski definition) is 1. The molecule has 1 aromatic carbocycles. The Labute approximate surface area is 106 Å². The summed E-state index contributed by atoms with van der Waals surface area (Å²) in [5, 5.41) is 8.95. The van der Waals surface area contributed by atoms with Gasteiger partial charge in [-0.3, -0.25) is 4.98 Å². The fourth-order valence-corrected chi connectivity index (χ4v) is 1.73. The molecule has 4 nitrogen and oxygen atoms in total. The number of nitrogens with zero attached hydrogens (tertiary/aromatic N) is 2. The molecule has 0 saturated carbocycles. The summed E-state index contributed by atoms with van der Waals surface area (Å²) in [6, 6.07) is 10.8. The third-order valence-corrected chi connectivity index (χ3v) is 2.70. The lowest BCUT2D eigenvalue weighted by molar-refractivity contribution is 0.0697. The summed E-state index contributed by atoms with van der Waals surface area (Å²) in [6.45, 7) is 0.714. The van der Waals surface area contributed by atoms with Crippen LogP contribution in [0.2, 0.25) is 0 Å². The van der Waals surface area contributed by atoms with Crippen LogP contribution in [-0.2, 0) is 6.54 Å². The minimum absolute atomic E-state index is 0.300. The van der Waals surface area contributed by atoms with Crippen LogP contribution >= 0.6 is 0 Å². The fourth-order valence-electron chi connectivity index (χ4n) is 1.73. The number of carbonyl (C=O) groups is 1. The van der Waals surface area contributed by atoms with E-state index in [1.54, 1.807) is 30.6 Å². The van der Waals surface area contributed by atoms with Crippen molar-refractivity contribution in [2.45, 2.75) is 6.54 Å². The molecule has 0 atom stereocenters. The number of hydrogen-bond acceptors (Lipinski definition) is 3. The van der Waals surface area contributed by atoms with Crippen molar-refractivity contribution in [3.8, 4) is 0 Å². The monoisotopic (exact) mass is 242 g/mol. The van der Waals surface area contributed by atoms with Gasteiger partial charge in [0, 0.05) is 31.7 Å². The standard InChI is InChI=1S/C14H14N2O2/c1-16(10-11-5-7-15-8-6-11)13-4-2-3-12(9-13)14(17)18/h2-9H,10H2,1H3,(H,17,18). The zero-order chi connectivity index (χ0) is 13.0. The van der Waals surface area contributed by atoms with Crippen LogP contribution in [0.5, 0.6) is 0 Å². The smallest absolute Gasteiger partial charge is 0.335 e. The second-order valence-corrected chi connectivity index (χ2v) is 4.07. The highest BCUT2D eigenvalue weighted by Gasteiger charge is 2.06. The lowest BCUT2D eigenvalue weighted by Gasteiger charge is -2.19. The maximum atomic E-state index is 10.9. The van der Waals surface area contributed by atoms with E-state index in [0.717, 1.165) is 11.3 Å². The Morgan fingerprint density at radius 1 is 1.28 bits per heavy atom. The highest BCUT2D eigenvalue weighted by molar-refractivity contribution is 5.88. The van der Waals surface area contributed by atoms with Gasteiger partial charge in [-0.25, -0.2) is 4.79 Å². The molecule has 92 valence electrons. The summed E-state index contributed by atoms with van der Waals surface area (Å²) in [7, 11) is 1.93. The Morgan fingerprint density at radius 3 is 2.67 bits per heavy atom. The van der Waals surface area contributed by atoms with Crippen LogP contribution in [0.4, 0.5) is 5.69 Å². The number of carboxylic acid groups (broad SMARTS) is 1. The molecule has 2 aromatic rings. The molecule has 0 radical (unpaired) electrons. The Balaban J connectivity index is 2.16. The average molecular weight is 242 g/mol. The van der Waals surface area contributed by atoms with Crippen molar-refractivity contribution in [1.82, 2.24) is 4.98 Å². The first kappa shape index (κ1) is 12.1. The summed E-state index contributed by atoms with van der Waals surface area (Å²) in [6.07, 6.45) is 3.49. The van der Waals surface area contributed by atoms with Crippen LogP contribution in [0.3, 0.4) is 0 Å². The van der Waals surface area contributed by atoms with Gasteiger partial charge in [0.1, 0.15) is 0 Å². The van der Waals surface area contributed by atoms with Crippen LogP contribution in [0.1, 0.15) is 15.9 Å². The molecule has 0 saturated heterocycles. The summed E-state index contributed by atoms with van der Waals surface area (Å²) >= 11 is 0. The molecule has 0 aliphatic rings. The maximum Gasteiger partial charge on any atom is 0.335 e. The number of aromatic carboxylic acids is 1. The highest BCUT2D eigenvalue weighted by Crippen LogP contribution is 2.17. The van der Waals surface area contributed by atoms with Crippen molar-refractivity contribution in [3.05, 3.63) is 59.9 Å². The molecule has 0 aliphatic heterocycles. The predicted molar refractivity (Wildman–Crippen MR) is 69.7 cm³/mol. The van der Waals surface area contributed by atoms with Crippen molar-refractivity contribution < 1.29 is 9.90 Å². The van der Waals surface area contributed by atoms with Gasteiger partial charge in [-0.15, -0.1) is 0 Å². The van der Waals surface area contributed by atoms with E-state index in [2.05, 4.69) is 4.98 Å². The molecule has 0 unspecified atom stereocenters. The Morgan fingerprint density at radius 2 is 2.00 bits per heavy atom. The normalized spacial score (nSPS) is 10.1. The zero-order valence-electron chi connectivity index (χ0n) is 10.1. The quantitative estimate of drug-likeness (QED) is 0.894. The number of carboxylic acids is 1. The molecule has 1 N–H and O–H groups in total. The summed E-state index contributed by atoms with van der Waals surface area (Å²) in [5.74, 6) is -0.908. The SMILES string of the molecule is CN(Cc1ccncc1)c1cccc(C(=O)O)c1. The molecule has 4 heteroatoms. The highest BCUT2D eigenvalue weighted by atomic mass is 16.4. The number of rotatable bonds is 4. The summed E-state index contributed by atoms with van der Waals surface area (Å²) in [5.41, 5.74) is 2.31. The predicted octanol–water partition coefficient (Wildman–Crippen LogP) is 2.42. The van der Waals surface area contributed by atoms with Crippen molar-refractivity contribution in [3.63, 3.8) is 0 Å². The van der Waals surface area contributed by atoms with Gasteiger partial charge in [-0.2, -0.15) is 0 Å². The number of benzene rings is 1. The van der Waals surface area contributed by atoms with Crippen molar-refractivity contribution in [2.24, 2.45) is 0 Å². The first-order valence-electron chi connectivity index (χ1n) is 5.60. The van der Waals surface area contributed by atoms with Gasteiger partial charge in [0.05, 0.1) is 5.56 Å². The first-order valence-corrected chi connectivity index (χ1v) is 5.60. The molecule has 1 aromatic heterocycles. The summed E-state index contributed by atoms with van der Waals surface area (Å²) < 4.78 is 0. The Hall–Kier alpha value is -2.36. The summed E-state index contributed by atoms with van der Waals surface area (Å²) in [4.78, 5) is 16.9. The molecule has 0 aliphatic carbocycles. The van der Waals surface area contributed by atoms with E-state index in [1.165, 1.54) is 0 Å². The van der Waals surface area contributed by atoms with Crippen LogP contribution in [0.25, 0.3) is 0 Å². The first-order chi connectivity index (χ1) is 8.66. The van der Waals surface area contributed by atoms with Gasteiger partial charge < -0.3 is 10.0 Å². The van der Waals surface area contributed by atoms with Crippen LogP contribution in [0, 0.1) is 0 Å². The third kappa shape index (κ3) is 2.85. The Bertz CT molecular complexity index is 541. The van der Waals surface area contributed by atoms with E-state index in [0.29, 0.717) is 12.1 Å². The van der Waals surface area contributed by atoms with Gasteiger partial charge in [0.15, 0.2) is 0 Å². The largest absolute Gasteiger partial charge is 0.478 e. The van der Waals surface area contributed by atoms with E-state index in [4.69, 9.17) is 5.11 Å². The minimum atomic E-state index is -0.908. The molecule has 1 heterocycles. The molecule has 0 bridgehead atoms. The third-order valence-electron chi connectivity index (χ3n) is 2.70. The fraction of sp³-hybridized carbons (Fsp3) is 0.143. The van der Waals surface area contributed by atoms with Crippen LogP contribution in [-0.4, -0.2) is 23.1 Å². The van der Waals surface area contributed by atoms with Gasteiger partial charge in [0.2, 0.25) is 0 Å². The molecular weight excluding hydrogens is 228 g/mol. The molecular formula is C14H14N2O2. The zero-order valence-corrected chi connectivity index (χ0v) is 10.1. The van der Waals surface area contributed by atoms with Crippen LogP contribution < -0.4 is 4.90 Å². The van der Waals surface area contributed by atoms with Crippen LogP contribution in [0.15, 0.2) is 48.8 Å². The molecule has 0 fully saturated rings. The number of pyridine rings is 1. The van der Waals surface area contributed by atoms with Crippen molar-refractivity contribution in [2.75, 3.05) is 11.9 Å². The maximum absolute atomic E-state index is 10.9. The van der Waals surface area contributed by atoms with Gasteiger partial charge >= 0.3 is 5.97 Å². The van der Waals surface area contributed by atoms with E-state index in [-0.39, 0.29) is 0 Å². The van der Waals surface area contributed by atoms with E-state index in [9.17, 15) is 4.79 Å². The minimum Gasteiger partial charge on any atom is -0.478 e. The van der Waals surface area contributed by atoms with E-state index in [1.807, 2.05) is 30.1 Å². The number of aromatic nitrogens is 1. The molecule has 18 heavy (non-hydrogen) atoms.